The largest absolute Gasteiger partial charge is 0.125 e. The van der Waals surface area contributed by atoms with Gasteiger partial charge in [-0.1, -0.05) is 80.1 Å². The maximum Gasteiger partial charge on any atom is 0.0215 e. The summed E-state index contributed by atoms with van der Waals surface area (Å²) in [5.74, 6) is 7.18. The van der Waals surface area contributed by atoms with Gasteiger partial charge in [-0.3, -0.25) is 0 Å². The number of hydrogen-bond donors (Lipinski definition) is 0. The molecule has 0 spiro atoms. The maximum atomic E-state index is 2.60. The summed E-state index contributed by atoms with van der Waals surface area (Å²) in [6.07, 6.45) is 15.1. The third-order valence-electron chi connectivity index (χ3n) is 8.65. The smallest absolute Gasteiger partial charge is 0.0215 e. The Bertz CT molecular complexity index is 1230. The van der Waals surface area contributed by atoms with E-state index in [9.17, 15) is 0 Å². The van der Waals surface area contributed by atoms with E-state index >= 15 is 0 Å². The molecule has 0 aromatic heterocycles. The second-order valence-electron chi connectivity index (χ2n) is 12.7. The van der Waals surface area contributed by atoms with Crippen molar-refractivity contribution >= 4 is 103 Å². The molecule has 0 bridgehead atoms. The van der Waals surface area contributed by atoms with E-state index in [1.165, 1.54) is 173 Å². The fraction of sp³-hybridized carbons (Fsp3) is 0.571. The summed E-state index contributed by atoms with van der Waals surface area (Å²) < 4.78 is 0. The minimum atomic E-state index is 1.20. The summed E-state index contributed by atoms with van der Waals surface area (Å²) in [6, 6.07) is 15.6. The molecular formula is C42H60S6. The summed E-state index contributed by atoms with van der Waals surface area (Å²) in [5.41, 5.74) is 0. The van der Waals surface area contributed by atoms with Crippen LogP contribution in [-0.2, 0) is 0 Å². The normalized spacial score (nSPS) is 11.9. The third-order valence-corrected chi connectivity index (χ3v) is 15.9. The first-order valence-corrected chi connectivity index (χ1v) is 24.8. The van der Waals surface area contributed by atoms with Crippen molar-refractivity contribution in [2.75, 3.05) is 34.5 Å². The Morgan fingerprint density at radius 3 is 0.542 bits per heavy atom. The van der Waals surface area contributed by atoms with Gasteiger partial charge in [0.2, 0.25) is 0 Å². The predicted octanol–water partition coefficient (Wildman–Crippen LogP) is 16.5. The van der Waals surface area contributed by atoms with Crippen LogP contribution in [0.4, 0.5) is 0 Å². The molecule has 0 amide bonds. The number of rotatable bonds is 24. The number of hydrogen-bond acceptors (Lipinski definition) is 6. The van der Waals surface area contributed by atoms with E-state index in [-0.39, 0.29) is 0 Å². The summed E-state index contributed by atoms with van der Waals surface area (Å²) in [7, 11) is 0. The molecule has 0 atom stereocenters. The van der Waals surface area contributed by atoms with E-state index in [4.69, 9.17) is 0 Å². The molecule has 0 heterocycles. The Morgan fingerprint density at radius 2 is 0.417 bits per heavy atom. The quantitative estimate of drug-likeness (QED) is 0.0394. The van der Waals surface area contributed by atoms with Gasteiger partial charge >= 0.3 is 0 Å². The van der Waals surface area contributed by atoms with E-state index in [1.54, 1.807) is 0 Å². The van der Waals surface area contributed by atoms with Gasteiger partial charge in [-0.2, -0.15) is 0 Å². The van der Waals surface area contributed by atoms with Crippen molar-refractivity contribution in [3.05, 3.63) is 36.4 Å². The van der Waals surface area contributed by atoms with Crippen LogP contribution < -0.4 is 0 Å². The molecule has 4 aromatic rings. The fourth-order valence-corrected chi connectivity index (χ4v) is 13.0. The molecule has 0 fully saturated rings. The van der Waals surface area contributed by atoms with Crippen LogP contribution in [-0.4, -0.2) is 34.5 Å². The van der Waals surface area contributed by atoms with E-state index in [2.05, 4.69) is 149 Å². The molecular weight excluding hydrogens is 697 g/mol. The molecule has 0 unspecified atom stereocenters. The van der Waals surface area contributed by atoms with Crippen LogP contribution in [0.15, 0.2) is 65.8 Å². The average molecular weight is 757 g/mol. The first kappa shape index (κ1) is 40.5. The number of fused-ring (bicyclic) bond motifs is 6. The Kier molecular flexibility index (Phi) is 19.1. The van der Waals surface area contributed by atoms with Gasteiger partial charge in [0.25, 0.3) is 0 Å². The van der Waals surface area contributed by atoms with Crippen molar-refractivity contribution < 1.29 is 0 Å². The van der Waals surface area contributed by atoms with Gasteiger partial charge in [0.1, 0.15) is 0 Å². The molecule has 48 heavy (non-hydrogen) atoms. The Balaban J connectivity index is 2.05. The van der Waals surface area contributed by atoms with E-state index in [0.29, 0.717) is 0 Å². The maximum absolute atomic E-state index is 2.60. The summed E-state index contributed by atoms with van der Waals surface area (Å²) in [4.78, 5) is 8.94. The summed E-state index contributed by atoms with van der Waals surface area (Å²) in [6.45, 7) is 13.9. The van der Waals surface area contributed by atoms with Crippen molar-refractivity contribution in [3.8, 4) is 0 Å². The van der Waals surface area contributed by atoms with Gasteiger partial charge in [0.05, 0.1) is 0 Å². The van der Waals surface area contributed by atoms with Crippen LogP contribution in [0.2, 0.25) is 0 Å². The van der Waals surface area contributed by atoms with Crippen LogP contribution in [0.25, 0.3) is 32.3 Å². The highest BCUT2D eigenvalue weighted by molar-refractivity contribution is 8.03. The molecule has 0 aliphatic rings. The highest BCUT2D eigenvalue weighted by Crippen LogP contribution is 2.47. The number of thioether (sulfide) groups is 6. The zero-order valence-electron chi connectivity index (χ0n) is 30.6. The average Bonchev–Trinajstić information content (AvgIpc) is 3.09. The lowest BCUT2D eigenvalue weighted by molar-refractivity contribution is 0.893. The van der Waals surface area contributed by atoms with Crippen LogP contribution in [0.1, 0.15) is 119 Å². The van der Waals surface area contributed by atoms with Crippen molar-refractivity contribution in [1.82, 2.24) is 0 Å². The van der Waals surface area contributed by atoms with E-state index in [0.717, 1.165) is 0 Å². The Labute approximate surface area is 319 Å². The van der Waals surface area contributed by atoms with Crippen molar-refractivity contribution in [3.63, 3.8) is 0 Å². The molecule has 0 nitrogen and oxygen atoms in total. The highest BCUT2D eigenvalue weighted by Gasteiger charge is 2.19. The minimum Gasteiger partial charge on any atom is -0.125 e. The lowest BCUT2D eigenvalue weighted by atomic mass is 9.94. The van der Waals surface area contributed by atoms with Crippen LogP contribution in [0.5, 0.6) is 0 Å². The standard InChI is InChI=1S/C42H60S6/c1-7-13-19-43-37-25-31-32(26-38(37)44-20-14-8-2)34-28-40(46-22-16-10-4)42(48-24-18-12-6)30-36(34)35-29-41(47-23-17-11-5)39(27-33(31)35)45-21-15-9-3/h25-30H,7-24H2,1-6H3. The Hall–Kier alpha value is -0.240. The van der Waals surface area contributed by atoms with Crippen LogP contribution in [0.3, 0.4) is 0 Å². The molecule has 0 radical (unpaired) electrons. The van der Waals surface area contributed by atoms with Crippen LogP contribution >= 0.6 is 70.6 Å². The van der Waals surface area contributed by atoms with Crippen LogP contribution in [0, 0.1) is 0 Å². The highest BCUT2D eigenvalue weighted by atomic mass is 32.2. The van der Waals surface area contributed by atoms with Gasteiger partial charge in [-0.25, -0.2) is 0 Å². The number of benzene rings is 4. The molecule has 4 aromatic carbocycles. The second-order valence-corrected chi connectivity index (χ2v) is 19.6. The van der Waals surface area contributed by atoms with Gasteiger partial charge in [0, 0.05) is 29.4 Å². The molecule has 6 heteroatoms. The predicted molar refractivity (Wildman–Crippen MR) is 233 cm³/mol. The molecule has 0 aliphatic heterocycles. The van der Waals surface area contributed by atoms with Crippen molar-refractivity contribution in [1.29, 1.82) is 0 Å². The monoisotopic (exact) mass is 756 g/mol. The number of unbranched alkanes of at least 4 members (excludes halogenated alkanes) is 6. The first-order chi connectivity index (χ1) is 23.6. The van der Waals surface area contributed by atoms with Gasteiger partial charge in [-0.15, -0.1) is 70.6 Å². The van der Waals surface area contributed by atoms with E-state index < -0.39 is 0 Å². The summed E-state index contributed by atoms with van der Waals surface area (Å²) >= 11 is 12.5. The van der Waals surface area contributed by atoms with Crippen molar-refractivity contribution in [2.45, 2.75) is 148 Å². The second kappa shape index (κ2) is 22.6. The minimum absolute atomic E-state index is 1.20. The molecule has 4 rings (SSSR count). The molecule has 0 saturated heterocycles. The molecule has 0 N–H and O–H groups in total. The van der Waals surface area contributed by atoms with E-state index in [1.807, 2.05) is 0 Å². The molecule has 264 valence electrons. The van der Waals surface area contributed by atoms with Gasteiger partial charge < -0.3 is 0 Å². The van der Waals surface area contributed by atoms with Gasteiger partial charge in [0.15, 0.2) is 0 Å². The molecule has 0 saturated carbocycles. The first-order valence-electron chi connectivity index (χ1n) is 18.9. The zero-order valence-corrected chi connectivity index (χ0v) is 35.5. The molecule has 0 aliphatic carbocycles. The summed E-state index contributed by atoms with van der Waals surface area (Å²) in [5, 5.41) is 8.72. The van der Waals surface area contributed by atoms with Gasteiger partial charge in [-0.05, 0) is 142 Å². The fourth-order valence-electron chi connectivity index (χ4n) is 5.65. The third kappa shape index (κ3) is 11.4. The SMILES string of the molecule is CCCCSc1cc2c3cc(SCCCC)c(SCCCC)cc3c3cc(SCCCC)c(SCCCC)cc3c2cc1SCCCC. The lowest BCUT2D eigenvalue weighted by Gasteiger charge is -2.19. The van der Waals surface area contributed by atoms with Crippen molar-refractivity contribution in [2.24, 2.45) is 0 Å². The lowest BCUT2D eigenvalue weighted by Crippen LogP contribution is -1.93. The zero-order chi connectivity index (χ0) is 34.1. The Morgan fingerprint density at radius 1 is 0.271 bits per heavy atom. The topological polar surface area (TPSA) is 0 Å².